The molecule has 3 heteroatoms. The van der Waals surface area contributed by atoms with Gasteiger partial charge in [-0.05, 0) is 30.7 Å². The van der Waals surface area contributed by atoms with Crippen molar-refractivity contribution in [1.82, 2.24) is 0 Å². The molecule has 1 nitrogen and oxygen atoms in total. The van der Waals surface area contributed by atoms with Crippen LogP contribution in [0.4, 0.5) is 0 Å². The quantitative estimate of drug-likeness (QED) is 0.786. The largest absolute Gasteiger partial charge is 0.330 e. The van der Waals surface area contributed by atoms with Crippen LogP contribution in [0.5, 0.6) is 0 Å². The smallest absolute Gasteiger partial charge is 0.0178 e. The highest BCUT2D eigenvalue weighted by molar-refractivity contribution is 9.10. The van der Waals surface area contributed by atoms with Crippen molar-refractivity contribution in [3.63, 3.8) is 0 Å². The molecular weight excluding hydrogens is 246 g/mol. The van der Waals surface area contributed by atoms with Crippen LogP contribution in [-0.2, 0) is 5.75 Å². The third-order valence-corrected chi connectivity index (χ3v) is 2.22. The summed E-state index contributed by atoms with van der Waals surface area (Å²) in [5.74, 6) is 0.805. The lowest BCUT2D eigenvalue weighted by Gasteiger charge is -1.93. The first-order valence-corrected chi connectivity index (χ1v) is 5.72. The van der Waals surface area contributed by atoms with Crippen LogP contribution in [0.2, 0.25) is 0 Å². The lowest BCUT2D eigenvalue weighted by molar-refractivity contribution is 0.932. The Balaban J connectivity index is 0.000000310. The first kappa shape index (κ1) is 13.0. The predicted octanol–water partition coefficient (Wildman–Crippen LogP) is 3.23. The standard InChI is InChI=1S/C7H7BrS.C3H9N/c8-7-3-1-2-6(4-7)5-9;1-2-3-4/h1-4,9H,5H2;2-4H2,1H3. The molecule has 1 aromatic rings. The molecule has 0 aliphatic heterocycles. The van der Waals surface area contributed by atoms with Crippen molar-refractivity contribution < 1.29 is 0 Å². The second-order valence-corrected chi connectivity index (χ2v) is 3.81. The Morgan fingerprint density at radius 3 is 2.38 bits per heavy atom. The molecule has 0 saturated heterocycles. The lowest BCUT2D eigenvalue weighted by Crippen LogP contribution is -1.93. The third kappa shape index (κ3) is 7.11. The van der Waals surface area contributed by atoms with Crippen molar-refractivity contribution in [2.75, 3.05) is 6.54 Å². The molecule has 0 fully saturated rings. The van der Waals surface area contributed by atoms with Gasteiger partial charge >= 0.3 is 0 Å². The number of thiol groups is 1. The van der Waals surface area contributed by atoms with E-state index in [1.807, 2.05) is 12.1 Å². The maximum Gasteiger partial charge on any atom is 0.0178 e. The Kier molecular flexibility index (Phi) is 8.61. The van der Waals surface area contributed by atoms with Gasteiger partial charge in [-0.25, -0.2) is 0 Å². The molecule has 1 aromatic carbocycles. The number of nitrogens with two attached hydrogens (primary N) is 1. The molecule has 0 aromatic heterocycles. The first-order chi connectivity index (χ1) is 6.24. The van der Waals surface area contributed by atoms with Gasteiger partial charge < -0.3 is 5.73 Å². The highest BCUT2D eigenvalue weighted by Gasteiger charge is 1.87. The van der Waals surface area contributed by atoms with E-state index < -0.39 is 0 Å². The van der Waals surface area contributed by atoms with Gasteiger partial charge in [-0.1, -0.05) is 35.0 Å². The summed E-state index contributed by atoms with van der Waals surface area (Å²) in [7, 11) is 0. The van der Waals surface area contributed by atoms with Gasteiger partial charge in [0, 0.05) is 10.2 Å². The summed E-state index contributed by atoms with van der Waals surface area (Å²) in [6.45, 7) is 2.88. The summed E-state index contributed by atoms with van der Waals surface area (Å²) in [6.07, 6.45) is 1.10. The van der Waals surface area contributed by atoms with Crippen molar-refractivity contribution in [1.29, 1.82) is 0 Å². The molecule has 0 heterocycles. The molecule has 13 heavy (non-hydrogen) atoms. The van der Waals surface area contributed by atoms with Crippen LogP contribution < -0.4 is 5.73 Å². The predicted molar refractivity (Wildman–Crippen MR) is 66.2 cm³/mol. The summed E-state index contributed by atoms with van der Waals surface area (Å²) in [5, 5.41) is 0. The molecule has 74 valence electrons. The van der Waals surface area contributed by atoms with Gasteiger partial charge in [0.05, 0.1) is 0 Å². The van der Waals surface area contributed by atoms with Crippen LogP contribution in [0.3, 0.4) is 0 Å². The van der Waals surface area contributed by atoms with E-state index in [0.717, 1.165) is 23.2 Å². The normalized spacial score (nSPS) is 8.92. The zero-order chi connectivity index (χ0) is 10.1. The molecule has 0 bridgehead atoms. The van der Waals surface area contributed by atoms with E-state index in [-0.39, 0.29) is 0 Å². The van der Waals surface area contributed by atoms with Gasteiger partial charge in [-0.2, -0.15) is 12.6 Å². The maximum atomic E-state index is 5.03. The maximum absolute atomic E-state index is 5.03. The number of benzene rings is 1. The highest BCUT2D eigenvalue weighted by atomic mass is 79.9. The van der Waals surface area contributed by atoms with Crippen molar-refractivity contribution in [2.45, 2.75) is 19.1 Å². The van der Waals surface area contributed by atoms with Gasteiger partial charge in [0.1, 0.15) is 0 Å². The van der Waals surface area contributed by atoms with Crippen LogP contribution in [0.15, 0.2) is 28.7 Å². The van der Waals surface area contributed by atoms with Gasteiger partial charge in [0.25, 0.3) is 0 Å². The fraction of sp³-hybridized carbons (Fsp3) is 0.400. The van der Waals surface area contributed by atoms with E-state index in [4.69, 9.17) is 5.73 Å². The highest BCUT2D eigenvalue weighted by Crippen LogP contribution is 2.12. The zero-order valence-electron chi connectivity index (χ0n) is 7.83. The average Bonchev–Trinajstić information content (AvgIpc) is 2.18. The number of rotatable bonds is 2. The molecule has 0 radical (unpaired) electrons. The molecule has 0 aliphatic carbocycles. The van der Waals surface area contributed by atoms with Gasteiger partial charge in [0.2, 0.25) is 0 Å². The Bertz CT molecular complexity index is 226. The Hall–Kier alpha value is 0.01000. The van der Waals surface area contributed by atoms with Gasteiger partial charge in [-0.15, -0.1) is 0 Å². The SMILES string of the molecule is CCCN.SCc1cccc(Br)c1. The molecule has 1 rings (SSSR count). The second kappa shape index (κ2) is 8.60. The fourth-order valence-corrected chi connectivity index (χ4v) is 1.28. The van der Waals surface area contributed by atoms with E-state index in [2.05, 4.69) is 47.6 Å². The third-order valence-electron chi connectivity index (χ3n) is 1.36. The van der Waals surface area contributed by atoms with Crippen LogP contribution in [-0.4, -0.2) is 6.54 Å². The number of halogens is 1. The van der Waals surface area contributed by atoms with Crippen molar-refractivity contribution in [2.24, 2.45) is 5.73 Å². The molecule has 0 aliphatic rings. The van der Waals surface area contributed by atoms with Crippen molar-refractivity contribution in [3.05, 3.63) is 34.3 Å². The molecule has 0 atom stereocenters. The molecule has 0 unspecified atom stereocenters. The van der Waals surface area contributed by atoms with E-state index in [9.17, 15) is 0 Å². The summed E-state index contributed by atoms with van der Waals surface area (Å²) in [5.41, 5.74) is 6.27. The van der Waals surface area contributed by atoms with E-state index in [1.54, 1.807) is 0 Å². The number of hydrogen-bond acceptors (Lipinski definition) is 2. The fourth-order valence-electron chi connectivity index (χ4n) is 0.635. The summed E-state index contributed by atoms with van der Waals surface area (Å²) < 4.78 is 1.12. The second-order valence-electron chi connectivity index (χ2n) is 2.58. The van der Waals surface area contributed by atoms with Gasteiger partial charge in [0.15, 0.2) is 0 Å². The number of hydrogen-bond donors (Lipinski definition) is 2. The minimum Gasteiger partial charge on any atom is -0.330 e. The summed E-state index contributed by atoms with van der Waals surface area (Å²) in [4.78, 5) is 0. The monoisotopic (exact) mass is 261 g/mol. The Labute approximate surface area is 94.3 Å². The molecule has 0 saturated carbocycles. The summed E-state index contributed by atoms with van der Waals surface area (Å²) >= 11 is 7.51. The van der Waals surface area contributed by atoms with E-state index in [0.29, 0.717) is 0 Å². The molecule has 0 spiro atoms. The first-order valence-electron chi connectivity index (χ1n) is 4.30. The average molecular weight is 262 g/mol. The van der Waals surface area contributed by atoms with Crippen LogP contribution >= 0.6 is 28.6 Å². The van der Waals surface area contributed by atoms with Crippen molar-refractivity contribution in [3.8, 4) is 0 Å². The van der Waals surface area contributed by atoms with Gasteiger partial charge in [-0.3, -0.25) is 0 Å². The molecule has 0 amide bonds. The van der Waals surface area contributed by atoms with Crippen LogP contribution in [0.25, 0.3) is 0 Å². The van der Waals surface area contributed by atoms with Crippen LogP contribution in [0, 0.1) is 0 Å². The summed E-state index contributed by atoms with van der Waals surface area (Å²) in [6, 6.07) is 8.13. The lowest BCUT2D eigenvalue weighted by atomic mass is 10.2. The molecular formula is C10H16BrNS. The van der Waals surface area contributed by atoms with Crippen LogP contribution in [0.1, 0.15) is 18.9 Å². The molecule has 2 N–H and O–H groups in total. The topological polar surface area (TPSA) is 26.0 Å². The van der Waals surface area contributed by atoms with E-state index >= 15 is 0 Å². The minimum atomic E-state index is 0.805. The Morgan fingerprint density at radius 2 is 2.08 bits per heavy atom. The van der Waals surface area contributed by atoms with Crippen molar-refractivity contribution >= 4 is 28.6 Å². The zero-order valence-corrected chi connectivity index (χ0v) is 10.3. The minimum absolute atomic E-state index is 0.805. The Morgan fingerprint density at radius 1 is 1.46 bits per heavy atom. The van der Waals surface area contributed by atoms with E-state index in [1.165, 1.54) is 5.56 Å².